The molecule has 0 aliphatic carbocycles. The van der Waals surface area contributed by atoms with Gasteiger partial charge in [0.05, 0.1) is 6.61 Å². The Morgan fingerprint density at radius 1 is 1.03 bits per heavy atom. The number of carbonyl (C=O) groups excluding carboxylic acids is 3. The predicted molar refractivity (Wildman–Crippen MR) is 111 cm³/mol. The summed E-state index contributed by atoms with van der Waals surface area (Å²) < 4.78 is 0. The van der Waals surface area contributed by atoms with E-state index in [9.17, 15) is 29.1 Å². The van der Waals surface area contributed by atoms with E-state index in [0.717, 1.165) is 0 Å². The minimum Gasteiger partial charge on any atom is -0.481 e. The molecule has 1 saturated heterocycles. The fourth-order valence-corrected chi connectivity index (χ4v) is 3.41. The second kappa shape index (κ2) is 13.6. The molecule has 1 heterocycles. The van der Waals surface area contributed by atoms with E-state index in [0.29, 0.717) is 32.2 Å². The molecule has 0 saturated carbocycles. The van der Waals surface area contributed by atoms with Gasteiger partial charge in [0.25, 0.3) is 0 Å². The van der Waals surface area contributed by atoms with Crippen LogP contribution in [-0.4, -0.2) is 93.7 Å². The fourth-order valence-electron chi connectivity index (χ4n) is 3.41. The van der Waals surface area contributed by atoms with Crippen LogP contribution in [0.15, 0.2) is 0 Å². The third kappa shape index (κ3) is 8.40. The van der Waals surface area contributed by atoms with Crippen LogP contribution in [0.25, 0.3) is 0 Å². The van der Waals surface area contributed by atoms with Crippen LogP contribution in [0, 0.1) is 0 Å². The van der Waals surface area contributed by atoms with Crippen LogP contribution in [0.2, 0.25) is 0 Å². The number of aliphatic hydroxyl groups excluding tert-OH is 1. The highest BCUT2D eigenvalue weighted by molar-refractivity contribution is 5.94. The van der Waals surface area contributed by atoms with Crippen LogP contribution >= 0.6 is 0 Å². The van der Waals surface area contributed by atoms with Gasteiger partial charge in [-0.05, 0) is 45.1 Å². The van der Waals surface area contributed by atoms with Crippen molar-refractivity contribution in [2.75, 3.05) is 19.7 Å². The zero-order valence-electron chi connectivity index (χ0n) is 17.9. The number of carboxylic acids is 2. The van der Waals surface area contributed by atoms with Gasteiger partial charge in [0.2, 0.25) is 17.7 Å². The SMILES string of the molecule is NCCCCC(NC(=O)C1CCCN1C(=O)C(CCC(=O)O)NC(=O)C(N)CO)C(=O)O. The first-order chi connectivity index (χ1) is 15.1. The number of likely N-dealkylation sites (tertiary alicyclic amines) is 1. The molecule has 1 fully saturated rings. The first-order valence-corrected chi connectivity index (χ1v) is 10.5. The zero-order chi connectivity index (χ0) is 24.3. The number of rotatable bonds is 14. The van der Waals surface area contributed by atoms with E-state index in [-0.39, 0.29) is 19.4 Å². The lowest BCUT2D eigenvalue weighted by atomic mass is 10.1. The maximum Gasteiger partial charge on any atom is 0.326 e. The van der Waals surface area contributed by atoms with Gasteiger partial charge in [-0.1, -0.05) is 0 Å². The van der Waals surface area contributed by atoms with Gasteiger partial charge in [0, 0.05) is 13.0 Å². The summed E-state index contributed by atoms with van der Waals surface area (Å²) in [5, 5.41) is 32.1. The lowest BCUT2D eigenvalue weighted by Gasteiger charge is -2.29. The summed E-state index contributed by atoms with van der Waals surface area (Å²) in [7, 11) is 0. The molecule has 3 amide bonds. The summed E-state index contributed by atoms with van der Waals surface area (Å²) in [4.78, 5) is 61.5. The fraction of sp³-hybridized carbons (Fsp3) is 0.737. The van der Waals surface area contributed by atoms with Crippen molar-refractivity contribution in [3.05, 3.63) is 0 Å². The van der Waals surface area contributed by atoms with Crippen molar-refractivity contribution in [1.82, 2.24) is 15.5 Å². The average molecular weight is 460 g/mol. The molecule has 9 N–H and O–H groups in total. The standard InChI is InChI=1S/C19H33N5O8/c20-8-2-1-4-13(19(31)32)23-17(29)14-5-3-9-24(14)18(30)12(6-7-15(26)27)22-16(28)11(21)10-25/h11-14,25H,1-10,20-21H2,(H,22,28)(H,23,29)(H,26,27)(H,31,32). The average Bonchev–Trinajstić information content (AvgIpc) is 3.24. The Kier molecular flexibility index (Phi) is 11.6. The molecule has 1 rings (SSSR count). The number of nitrogens with one attached hydrogen (secondary N) is 2. The van der Waals surface area contributed by atoms with Crippen molar-refractivity contribution in [2.24, 2.45) is 11.5 Å². The van der Waals surface area contributed by atoms with Gasteiger partial charge in [-0.25, -0.2) is 4.79 Å². The Labute approximate surface area is 185 Å². The van der Waals surface area contributed by atoms with Gasteiger partial charge in [-0.15, -0.1) is 0 Å². The van der Waals surface area contributed by atoms with Gasteiger partial charge in [0.1, 0.15) is 24.2 Å². The van der Waals surface area contributed by atoms with Crippen LogP contribution in [0.4, 0.5) is 0 Å². The maximum atomic E-state index is 13.1. The lowest BCUT2D eigenvalue weighted by Crippen LogP contribution is -2.57. The highest BCUT2D eigenvalue weighted by atomic mass is 16.4. The minimum atomic E-state index is -1.29. The first-order valence-electron chi connectivity index (χ1n) is 10.5. The third-order valence-electron chi connectivity index (χ3n) is 5.19. The smallest absolute Gasteiger partial charge is 0.326 e. The highest BCUT2D eigenvalue weighted by Gasteiger charge is 2.39. The van der Waals surface area contributed by atoms with Crippen molar-refractivity contribution in [1.29, 1.82) is 0 Å². The number of aliphatic carboxylic acids is 2. The number of hydrogen-bond acceptors (Lipinski definition) is 8. The largest absolute Gasteiger partial charge is 0.481 e. The van der Waals surface area contributed by atoms with Gasteiger partial charge in [-0.2, -0.15) is 0 Å². The molecule has 0 aromatic carbocycles. The molecule has 0 radical (unpaired) electrons. The number of unbranched alkanes of at least 4 members (excludes halogenated alkanes) is 1. The first kappa shape index (κ1) is 27.3. The van der Waals surface area contributed by atoms with Crippen molar-refractivity contribution >= 4 is 29.7 Å². The molecule has 1 aliphatic rings. The Hall–Kier alpha value is -2.77. The van der Waals surface area contributed by atoms with Crippen molar-refractivity contribution in [2.45, 2.75) is 69.1 Å². The summed E-state index contributed by atoms with van der Waals surface area (Å²) in [5.41, 5.74) is 10.9. The van der Waals surface area contributed by atoms with Crippen LogP contribution in [0.5, 0.6) is 0 Å². The molecule has 182 valence electrons. The quantitative estimate of drug-likeness (QED) is 0.133. The topological polar surface area (TPSA) is 225 Å². The normalized spacial score (nSPS) is 18.5. The Morgan fingerprint density at radius 2 is 1.72 bits per heavy atom. The van der Waals surface area contributed by atoms with Crippen molar-refractivity contribution in [3.8, 4) is 0 Å². The molecule has 0 aromatic heterocycles. The molecule has 13 nitrogen and oxygen atoms in total. The number of aliphatic hydroxyl groups is 1. The Bertz CT molecular complexity index is 689. The van der Waals surface area contributed by atoms with Gasteiger partial charge in [-0.3, -0.25) is 19.2 Å². The van der Waals surface area contributed by atoms with Crippen molar-refractivity contribution in [3.63, 3.8) is 0 Å². The van der Waals surface area contributed by atoms with Gasteiger partial charge in [0.15, 0.2) is 0 Å². The summed E-state index contributed by atoms with van der Waals surface area (Å²) >= 11 is 0. The molecular weight excluding hydrogens is 426 g/mol. The van der Waals surface area contributed by atoms with Crippen molar-refractivity contribution < 1.29 is 39.3 Å². The number of amides is 3. The van der Waals surface area contributed by atoms with E-state index < -0.39 is 66.9 Å². The van der Waals surface area contributed by atoms with Crippen LogP contribution < -0.4 is 22.1 Å². The molecule has 0 aromatic rings. The van der Waals surface area contributed by atoms with Gasteiger partial charge >= 0.3 is 11.9 Å². The van der Waals surface area contributed by atoms with Crippen LogP contribution in [-0.2, 0) is 24.0 Å². The molecule has 13 heteroatoms. The molecule has 1 aliphatic heterocycles. The molecule has 0 spiro atoms. The number of hydrogen-bond donors (Lipinski definition) is 7. The summed E-state index contributed by atoms with van der Waals surface area (Å²) in [6.07, 6.45) is 1.42. The summed E-state index contributed by atoms with van der Waals surface area (Å²) in [6.45, 7) is -0.0803. The number of nitrogens with zero attached hydrogens (tertiary/aromatic N) is 1. The molecule has 32 heavy (non-hydrogen) atoms. The van der Waals surface area contributed by atoms with Crippen LogP contribution in [0.1, 0.15) is 44.9 Å². The number of nitrogens with two attached hydrogens (primary N) is 2. The summed E-state index contributed by atoms with van der Waals surface area (Å²) in [6, 6.07) is -4.63. The zero-order valence-corrected chi connectivity index (χ0v) is 17.9. The maximum absolute atomic E-state index is 13.1. The van der Waals surface area contributed by atoms with E-state index in [1.807, 2.05) is 0 Å². The second-order valence-corrected chi connectivity index (χ2v) is 7.66. The van der Waals surface area contributed by atoms with E-state index in [1.165, 1.54) is 4.90 Å². The molecule has 4 atom stereocenters. The van der Waals surface area contributed by atoms with E-state index >= 15 is 0 Å². The van der Waals surface area contributed by atoms with Gasteiger partial charge < -0.3 is 42.3 Å². The lowest BCUT2D eigenvalue weighted by molar-refractivity contribution is -0.145. The number of carboxylic acid groups (broad SMARTS) is 2. The monoisotopic (exact) mass is 459 g/mol. The second-order valence-electron chi connectivity index (χ2n) is 7.66. The third-order valence-corrected chi connectivity index (χ3v) is 5.19. The highest BCUT2D eigenvalue weighted by Crippen LogP contribution is 2.20. The summed E-state index contributed by atoms with van der Waals surface area (Å²) in [5.74, 6) is -4.51. The number of carbonyl (C=O) groups is 5. The predicted octanol–water partition coefficient (Wildman–Crippen LogP) is -2.65. The molecule has 0 bridgehead atoms. The Morgan fingerprint density at radius 3 is 2.28 bits per heavy atom. The van der Waals surface area contributed by atoms with Crippen LogP contribution in [0.3, 0.4) is 0 Å². The minimum absolute atomic E-state index is 0.188. The van der Waals surface area contributed by atoms with E-state index in [1.54, 1.807) is 0 Å². The van der Waals surface area contributed by atoms with E-state index in [2.05, 4.69) is 10.6 Å². The van der Waals surface area contributed by atoms with E-state index in [4.69, 9.17) is 21.7 Å². The molecular formula is C19H33N5O8. The molecule has 4 unspecified atom stereocenters. The Balaban J connectivity index is 2.91.